The van der Waals surface area contributed by atoms with Gasteiger partial charge in [-0.3, -0.25) is 4.79 Å². The van der Waals surface area contributed by atoms with E-state index >= 15 is 0 Å². The van der Waals surface area contributed by atoms with Crippen LogP contribution in [0.5, 0.6) is 0 Å². The highest BCUT2D eigenvalue weighted by Gasteiger charge is 1.87. The first-order chi connectivity index (χ1) is 6.33. The number of carbonyl (C=O) groups is 1. The Kier molecular flexibility index (Phi) is 3.57. The lowest BCUT2D eigenvalue weighted by molar-refractivity contribution is -0.105. The van der Waals surface area contributed by atoms with Crippen molar-refractivity contribution in [3.8, 4) is 0 Å². The molecule has 0 saturated heterocycles. The van der Waals surface area contributed by atoms with Crippen molar-refractivity contribution in [3.05, 3.63) is 47.8 Å². The van der Waals surface area contributed by atoms with Gasteiger partial charge in [0.15, 0.2) is 6.29 Å². The molecule has 1 aromatic carbocycles. The Bertz CT molecular complexity index is 293. The van der Waals surface area contributed by atoms with E-state index < -0.39 is 0 Å². The number of carbonyl (C=O) groups excluding carboxylic acids is 1. The minimum absolute atomic E-state index is 0.205. The van der Waals surface area contributed by atoms with Gasteiger partial charge in [0, 0.05) is 12.7 Å². The molecule has 0 unspecified atom stereocenters. The average molecular weight is 176 g/mol. The van der Waals surface area contributed by atoms with Gasteiger partial charge < -0.3 is 11.1 Å². The van der Waals surface area contributed by atoms with E-state index in [9.17, 15) is 4.79 Å². The van der Waals surface area contributed by atoms with Gasteiger partial charge >= 0.3 is 0 Å². The van der Waals surface area contributed by atoms with Crippen molar-refractivity contribution in [2.75, 3.05) is 0 Å². The highest BCUT2D eigenvalue weighted by Crippen LogP contribution is 1.96. The van der Waals surface area contributed by atoms with Gasteiger partial charge in [0.25, 0.3) is 0 Å². The zero-order valence-electron chi connectivity index (χ0n) is 7.23. The highest BCUT2D eigenvalue weighted by molar-refractivity contribution is 5.71. The topological polar surface area (TPSA) is 55.1 Å². The van der Waals surface area contributed by atoms with Crippen molar-refractivity contribution in [1.29, 1.82) is 0 Å². The summed E-state index contributed by atoms with van der Waals surface area (Å²) in [5.41, 5.74) is 6.62. The van der Waals surface area contributed by atoms with Crippen molar-refractivity contribution >= 4 is 6.29 Å². The summed E-state index contributed by atoms with van der Waals surface area (Å²) < 4.78 is 0. The summed E-state index contributed by atoms with van der Waals surface area (Å²) in [6, 6.07) is 9.88. The first-order valence-electron chi connectivity index (χ1n) is 4.01. The number of aldehydes is 1. The first kappa shape index (κ1) is 9.32. The van der Waals surface area contributed by atoms with Gasteiger partial charge in [-0.25, -0.2) is 0 Å². The molecule has 0 aliphatic carbocycles. The van der Waals surface area contributed by atoms with Gasteiger partial charge in [-0.2, -0.15) is 0 Å². The van der Waals surface area contributed by atoms with Gasteiger partial charge in [0.1, 0.15) is 0 Å². The van der Waals surface area contributed by atoms with Crippen LogP contribution in [0, 0.1) is 0 Å². The van der Waals surface area contributed by atoms with Crippen molar-refractivity contribution in [3.63, 3.8) is 0 Å². The third-order valence-electron chi connectivity index (χ3n) is 1.55. The van der Waals surface area contributed by atoms with E-state index in [0.717, 1.165) is 5.56 Å². The maximum absolute atomic E-state index is 10.1. The van der Waals surface area contributed by atoms with E-state index in [4.69, 9.17) is 5.73 Å². The lowest BCUT2D eigenvalue weighted by Gasteiger charge is -2.00. The number of benzene rings is 1. The van der Waals surface area contributed by atoms with Crippen molar-refractivity contribution in [2.24, 2.45) is 5.73 Å². The summed E-state index contributed by atoms with van der Waals surface area (Å²) in [6.07, 6.45) is 2.11. The molecule has 3 nitrogen and oxygen atoms in total. The van der Waals surface area contributed by atoms with Crippen LogP contribution in [0.3, 0.4) is 0 Å². The van der Waals surface area contributed by atoms with Crippen LogP contribution in [0.15, 0.2) is 42.2 Å². The number of nitrogens with two attached hydrogens (primary N) is 1. The lowest BCUT2D eigenvalue weighted by Crippen LogP contribution is -2.09. The van der Waals surface area contributed by atoms with Crippen LogP contribution in [0.1, 0.15) is 5.56 Å². The molecule has 1 rings (SSSR count). The summed E-state index contributed by atoms with van der Waals surface area (Å²) in [6.45, 7) is 0.676. The molecular formula is C10H12N2O. The van der Waals surface area contributed by atoms with Crippen LogP contribution in [-0.4, -0.2) is 6.29 Å². The average Bonchev–Trinajstić information content (AvgIpc) is 2.19. The smallest absolute Gasteiger partial charge is 0.167 e. The summed E-state index contributed by atoms with van der Waals surface area (Å²) >= 11 is 0. The van der Waals surface area contributed by atoms with Crippen molar-refractivity contribution in [2.45, 2.75) is 6.54 Å². The van der Waals surface area contributed by atoms with E-state index in [0.29, 0.717) is 12.8 Å². The molecular weight excluding hydrogens is 164 g/mol. The monoisotopic (exact) mass is 176 g/mol. The predicted molar refractivity (Wildman–Crippen MR) is 51.6 cm³/mol. The zero-order valence-corrected chi connectivity index (χ0v) is 7.23. The molecule has 0 heterocycles. The second kappa shape index (κ2) is 4.98. The Morgan fingerprint density at radius 3 is 2.69 bits per heavy atom. The van der Waals surface area contributed by atoms with Crippen LogP contribution in [0.4, 0.5) is 0 Å². The molecule has 0 atom stereocenters. The molecule has 0 spiro atoms. The highest BCUT2D eigenvalue weighted by atomic mass is 16.1. The summed E-state index contributed by atoms with van der Waals surface area (Å²) in [7, 11) is 0. The predicted octanol–water partition coefficient (Wildman–Crippen LogP) is 0.775. The molecule has 0 bridgehead atoms. The molecule has 0 amide bonds. The van der Waals surface area contributed by atoms with E-state index in [-0.39, 0.29) is 5.70 Å². The quantitative estimate of drug-likeness (QED) is 0.526. The molecule has 68 valence electrons. The van der Waals surface area contributed by atoms with Crippen LogP contribution in [0.2, 0.25) is 0 Å². The normalized spacial score (nSPS) is 10.9. The molecule has 0 aliphatic heterocycles. The molecule has 1 aromatic rings. The maximum Gasteiger partial charge on any atom is 0.167 e. The van der Waals surface area contributed by atoms with Gasteiger partial charge in [0.05, 0.1) is 5.70 Å². The van der Waals surface area contributed by atoms with Crippen LogP contribution < -0.4 is 11.1 Å². The molecule has 0 fully saturated rings. The fourth-order valence-corrected chi connectivity index (χ4v) is 0.917. The number of hydrogen-bond acceptors (Lipinski definition) is 3. The number of allylic oxidation sites excluding steroid dienone is 1. The minimum atomic E-state index is 0.205. The molecule has 0 radical (unpaired) electrons. The fraction of sp³-hybridized carbons (Fsp3) is 0.100. The first-order valence-corrected chi connectivity index (χ1v) is 4.01. The van der Waals surface area contributed by atoms with Crippen LogP contribution >= 0.6 is 0 Å². The fourth-order valence-electron chi connectivity index (χ4n) is 0.917. The van der Waals surface area contributed by atoms with Gasteiger partial charge in [-0.1, -0.05) is 30.3 Å². The molecule has 0 saturated carbocycles. The molecule has 0 aromatic heterocycles. The second-order valence-corrected chi connectivity index (χ2v) is 2.63. The van der Waals surface area contributed by atoms with E-state index in [2.05, 4.69) is 5.32 Å². The largest absolute Gasteiger partial charge is 0.395 e. The summed E-state index contributed by atoms with van der Waals surface area (Å²) in [4.78, 5) is 10.1. The van der Waals surface area contributed by atoms with Gasteiger partial charge in [-0.05, 0) is 5.56 Å². The number of hydrogen-bond donors (Lipinski definition) is 2. The lowest BCUT2D eigenvalue weighted by atomic mass is 10.2. The van der Waals surface area contributed by atoms with Gasteiger partial charge in [-0.15, -0.1) is 0 Å². The number of nitrogens with one attached hydrogen (secondary N) is 1. The summed E-state index contributed by atoms with van der Waals surface area (Å²) in [5.74, 6) is 0. The molecule has 13 heavy (non-hydrogen) atoms. The zero-order chi connectivity index (χ0) is 9.52. The SMILES string of the molecule is N/C(C=O)=C\NCc1ccccc1. The van der Waals surface area contributed by atoms with Crippen LogP contribution in [-0.2, 0) is 11.3 Å². The van der Waals surface area contributed by atoms with Crippen LogP contribution in [0.25, 0.3) is 0 Å². The Balaban J connectivity index is 2.40. The molecule has 3 N–H and O–H groups in total. The second-order valence-electron chi connectivity index (χ2n) is 2.63. The Morgan fingerprint density at radius 1 is 1.38 bits per heavy atom. The third-order valence-corrected chi connectivity index (χ3v) is 1.55. The minimum Gasteiger partial charge on any atom is -0.395 e. The van der Waals surface area contributed by atoms with E-state index in [1.54, 1.807) is 0 Å². The van der Waals surface area contributed by atoms with Crippen molar-refractivity contribution in [1.82, 2.24) is 5.32 Å². The molecule has 0 aliphatic rings. The van der Waals surface area contributed by atoms with E-state index in [1.165, 1.54) is 6.20 Å². The van der Waals surface area contributed by atoms with E-state index in [1.807, 2.05) is 30.3 Å². The van der Waals surface area contributed by atoms with Crippen molar-refractivity contribution < 1.29 is 4.79 Å². The third kappa shape index (κ3) is 3.42. The Morgan fingerprint density at radius 2 is 2.08 bits per heavy atom. The summed E-state index contributed by atoms with van der Waals surface area (Å²) in [5, 5.41) is 2.93. The Hall–Kier alpha value is -1.77. The molecule has 3 heteroatoms. The standard InChI is InChI=1S/C10H12N2O/c11-10(8-13)7-12-6-9-4-2-1-3-5-9/h1-5,7-8,12H,6,11H2/b10-7-. The maximum atomic E-state index is 10.1. The van der Waals surface area contributed by atoms with Gasteiger partial charge in [0.2, 0.25) is 0 Å². The Labute approximate surface area is 77.3 Å². The number of rotatable bonds is 4.